The summed E-state index contributed by atoms with van der Waals surface area (Å²) in [6, 6.07) is 17.3. The summed E-state index contributed by atoms with van der Waals surface area (Å²) in [6.07, 6.45) is 0.273. The highest BCUT2D eigenvalue weighted by molar-refractivity contribution is 5.34. The molecule has 2 aromatic carbocycles. The average molecular weight is 272 g/mol. The third kappa shape index (κ3) is 4.28. The van der Waals surface area contributed by atoms with Gasteiger partial charge >= 0.3 is 0 Å². The molecule has 0 heterocycles. The summed E-state index contributed by atoms with van der Waals surface area (Å²) in [5.74, 6) is 1.61. The molecule has 2 rings (SSSR count). The highest BCUT2D eigenvalue weighted by atomic mass is 16.5. The van der Waals surface area contributed by atoms with Crippen molar-refractivity contribution < 1.29 is 14.6 Å². The Morgan fingerprint density at radius 3 is 2.30 bits per heavy atom. The van der Waals surface area contributed by atoms with E-state index in [2.05, 4.69) is 0 Å². The van der Waals surface area contributed by atoms with Crippen molar-refractivity contribution in [1.82, 2.24) is 0 Å². The smallest absolute Gasteiger partial charge is 0.125 e. The van der Waals surface area contributed by atoms with E-state index in [1.807, 2.05) is 54.6 Å². The minimum Gasteiger partial charge on any atom is -0.493 e. The number of hydrogen-bond acceptors (Lipinski definition) is 3. The molecule has 0 aliphatic heterocycles. The molecular formula is C17H20O3. The van der Waals surface area contributed by atoms with Crippen LogP contribution in [0.15, 0.2) is 54.6 Å². The van der Waals surface area contributed by atoms with Crippen LogP contribution in [0.25, 0.3) is 0 Å². The number of aliphatic hydroxyl groups excluding tert-OH is 1. The third-order valence-corrected chi connectivity index (χ3v) is 2.93. The molecule has 0 saturated heterocycles. The number of aliphatic hydroxyl groups is 1. The molecule has 0 radical (unpaired) electrons. The van der Waals surface area contributed by atoms with E-state index in [1.54, 1.807) is 6.92 Å². The van der Waals surface area contributed by atoms with Crippen LogP contribution in [0.2, 0.25) is 0 Å². The number of hydrogen-bond donors (Lipinski definition) is 1. The molecule has 0 fully saturated rings. The molecule has 20 heavy (non-hydrogen) atoms. The van der Waals surface area contributed by atoms with Gasteiger partial charge in [-0.15, -0.1) is 0 Å². The molecule has 0 aromatic heterocycles. The van der Waals surface area contributed by atoms with Gasteiger partial charge in [-0.25, -0.2) is 0 Å². The molecule has 3 nitrogen and oxygen atoms in total. The van der Waals surface area contributed by atoms with E-state index in [1.165, 1.54) is 0 Å². The summed E-state index contributed by atoms with van der Waals surface area (Å²) in [4.78, 5) is 0. The standard InChI is InChI=1S/C17H20O3/c1-14(18)16-10-5-6-11-17(16)20-13-7-12-19-15-8-3-2-4-9-15/h2-6,8-11,14,18H,7,12-13H2,1H3/t14-/m1/s1. The van der Waals surface area contributed by atoms with Crippen LogP contribution in [0, 0.1) is 0 Å². The first kappa shape index (κ1) is 14.4. The van der Waals surface area contributed by atoms with E-state index in [0.717, 1.165) is 23.5 Å². The SMILES string of the molecule is C[C@@H](O)c1ccccc1OCCCOc1ccccc1. The van der Waals surface area contributed by atoms with Gasteiger partial charge in [0.1, 0.15) is 11.5 Å². The summed E-state index contributed by atoms with van der Waals surface area (Å²) >= 11 is 0. The van der Waals surface area contributed by atoms with Crippen molar-refractivity contribution in [3.05, 3.63) is 60.2 Å². The maximum atomic E-state index is 9.65. The molecular weight excluding hydrogens is 252 g/mol. The van der Waals surface area contributed by atoms with Crippen molar-refractivity contribution >= 4 is 0 Å². The second-order valence-corrected chi connectivity index (χ2v) is 4.58. The fraction of sp³-hybridized carbons (Fsp3) is 0.294. The van der Waals surface area contributed by atoms with E-state index in [9.17, 15) is 5.11 Å². The van der Waals surface area contributed by atoms with Gasteiger partial charge in [-0.1, -0.05) is 36.4 Å². The van der Waals surface area contributed by atoms with Crippen LogP contribution in [0.5, 0.6) is 11.5 Å². The highest BCUT2D eigenvalue weighted by Crippen LogP contribution is 2.24. The fourth-order valence-corrected chi connectivity index (χ4v) is 1.90. The van der Waals surface area contributed by atoms with Gasteiger partial charge in [-0.2, -0.15) is 0 Å². The zero-order valence-corrected chi connectivity index (χ0v) is 11.7. The van der Waals surface area contributed by atoms with Crippen LogP contribution >= 0.6 is 0 Å². The lowest BCUT2D eigenvalue weighted by Crippen LogP contribution is -2.06. The van der Waals surface area contributed by atoms with Gasteiger partial charge in [0.15, 0.2) is 0 Å². The topological polar surface area (TPSA) is 38.7 Å². The fourth-order valence-electron chi connectivity index (χ4n) is 1.90. The predicted octanol–water partition coefficient (Wildman–Crippen LogP) is 3.59. The highest BCUT2D eigenvalue weighted by Gasteiger charge is 2.07. The van der Waals surface area contributed by atoms with E-state index < -0.39 is 6.10 Å². The molecule has 0 spiro atoms. The molecule has 0 saturated carbocycles. The number of ether oxygens (including phenoxy) is 2. The molecule has 3 heteroatoms. The lowest BCUT2D eigenvalue weighted by Gasteiger charge is -2.13. The molecule has 1 N–H and O–H groups in total. The van der Waals surface area contributed by atoms with Crippen LogP contribution in [0.4, 0.5) is 0 Å². The first-order valence-corrected chi connectivity index (χ1v) is 6.85. The number of para-hydroxylation sites is 2. The molecule has 0 aliphatic rings. The minimum atomic E-state index is -0.522. The third-order valence-electron chi connectivity index (χ3n) is 2.93. The van der Waals surface area contributed by atoms with Gasteiger partial charge < -0.3 is 14.6 Å². The average Bonchev–Trinajstić information content (AvgIpc) is 2.48. The Kier molecular flexibility index (Phi) is 5.44. The Morgan fingerprint density at radius 2 is 1.55 bits per heavy atom. The normalized spacial score (nSPS) is 11.9. The molecule has 0 amide bonds. The first-order valence-electron chi connectivity index (χ1n) is 6.85. The van der Waals surface area contributed by atoms with Crippen molar-refractivity contribution in [3.8, 4) is 11.5 Å². The van der Waals surface area contributed by atoms with Gasteiger partial charge in [-0.3, -0.25) is 0 Å². The van der Waals surface area contributed by atoms with Gasteiger partial charge in [0.2, 0.25) is 0 Å². The second-order valence-electron chi connectivity index (χ2n) is 4.58. The van der Waals surface area contributed by atoms with Crippen LogP contribution in [-0.2, 0) is 0 Å². The van der Waals surface area contributed by atoms with Gasteiger partial charge in [0, 0.05) is 12.0 Å². The molecule has 106 valence electrons. The lowest BCUT2D eigenvalue weighted by atomic mass is 10.1. The maximum Gasteiger partial charge on any atom is 0.125 e. The summed E-state index contributed by atoms with van der Waals surface area (Å²) in [6.45, 7) is 2.91. The van der Waals surface area contributed by atoms with Crippen LogP contribution in [0.3, 0.4) is 0 Å². The van der Waals surface area contributed by atoms with E-state index in [-0.39, 0.29) is 0 Å². The van der Waals surface area contributed by atoms with Crippen LogP contribution in [0.1, 0.15) is 25.0 Å². The first-order chi connectivity index (χ1) is 9.77. The summed E-state index contributed by atoms with van der Waals surface area (Å²) in [5, 5.41) is 9.65. The van der Waals surface area contributed by atoms with Crippen LogP contribution < -0.4 is 9.47 Å². The van der Waals surface area contributed by atoms with Gasteiger partial charge in [0.25, 0.3) is 0 Å². The van der Waals surface area contributed by atoms with E-state index >= 15 is 0 Å². The molecule has 0 bridgehead atoms. The van der Waals surface area contributed by atoms with Crippen molar-refractivity contribution in [3.63, 3.8) is 0 Å². The zero-order chi connectivity index (χ0) is 14.2. The predicted molar refractivity (Wildman–Crippen MR) is 79.1 cm³/mol. The van der Waals surface area contributed by atoms with Crippen molar-refractivity contribution in [2.75, 3.05) is 13.2 Å². The largest absolute Gasteiger partial charge is 0.493 e. The Labute approximate surface area is 119 Å². The molecule has 2 aromatic rings. The molecule has 1 atom stereocenters. The zero-order valence-electron chi connectivity index (χ0n) is 11.7. The molecule has 0 aliphatic carbocycles. The van der Waals surface area contributed by atoms with Crippen LogP contribution in [-0.4, -0.2) is 18.3 Å². The quantitative estimate of drug-likeness (QED) is 0.783. The van der Waals surface area contributed by atoms with Gasteiger partial charge in [-0.05, 0) is 25.1 Å². The Bertz CT molecular complexity index is 509. The Morgan fingerprint density at radius 1 is 0.900 bits per heavy atom. The van der Waals surface area contributed by atoms with Crippen molar-refractivity contribution in [2.24, 2.45) is 0 Å². The summed E-state index contributed by atoms with van der Waals surface area (Å²) in [5.41, 5.74) is 0.816. The van der Waals surface area contributed by atoms with E-state index in [0.29, 0.717) is 13.2 Å². The maximum absolute atomic E-state index is 9.65. The number of benzene rings is 2. The summed E-state index contributed by atoms with van der Waals surface area (Å²) < 4.78 is 11.3. The number of rotatable bonds is 7. The van der Waals surface area contributed by atoms with E-state index in [4.69, 9.17) is 9.47 Å². The second kappa shape index (κ2) is 7.56. The Hall–Kier alpha value is -2.00. The van der Waals surface area contributed by atoms with Crippen molar-refractivity contribution in [1.29, 1.82) is 0 Å². The molecule has 0 unspecified atom stereocenters. The van der Waals surface area contributed by atoms with Crippen molar-refractivity contribution in [2.45, 2.75) is 19.4 Å². The summed E-state index contributed by atoms with van der Waals surface area (Å²) in [7, 11) is 0. The Balaban J connectivity index is 1.74. The minimum absolute atomic E-state index is 0.522. The monoisotopic (exact) mass is 272 g/mol. The lowest BCUT2D eigenvalue weighted by molar-refractivity contribution is 0.188. The van der Waals surface area contributed by atoms with Gasteiger partial charge in [0.05, 0.1) is 19.3 Å².